The van der Waals surface area contributed by atoms with E-state index in [1.807, 2.05) is 0 Å². The van der Waals surface area contributed by atoms with Crippen LogP contribution in [0.4, 0.5) is 4.39 Å². The monoisotopic (exact) mass is 301 g/mol. The molecule has 17 heavy (non-hydrogen) atoms. The molecule has 0 bridgehead atoms. The van der Waals surface area contributed by atoms with Crippen LogP contribution < -0.4 is 5.32 Å². The Morgan fingerprint density at radius 3 is 2.76 bits per heavy atom. The van der Waals surface area contributed by atoms with Crippen molar-refractivity contribution >= 4 is 21.8 Å². The molecule has 1 amide bonds. The molecule has 0 saturated heterocycles. The van der Waals surface area contributed by atoms with E-state index in [1.165, 1.54) is 12.1 Å². The van der Waals surface area contributed by atoms with Gasteiger partial charge in [-0.15, -0.1) is 0 Å². The highest BCUT2D eigenvalue weighted by Gasteiger charge is 2.42. The molecule has 0 heterocycles. The van der Waals surface area contributed by atoms with Crippen LogP contribution in [0.15, 0.2) is 22.7 Å². The molecule has 1 aromatic carbocycles. The first-order valence-electron chi connectivity index (χ1n) is 5.41. The van der Waals surface area contributed by atoms with Gasteiger partial charge < -0.3 is 10.4 Å². The largest absolute Gasteiger partial charge is 0.396 e. The number of aliphatic hydroxyl groups is 1. The zero-order chi connectivity index (χ0) is 12.5. The zero-order valence-electron chi connectivity index (χ0n) is 9.17. The number of rotatable bonds is 4. The van der Waals surface area contributed by atoms with Gasteiger partial charge in [-0.25, -0.2) is 4.39 Å². The van der Waals surface area contributed by atoms with Crippen molar-refractivity contribution in [3.63, 3.8) is 0 Å². The van der Waals surface area contributed by atoms with E-state index in [0.29, 0.717) is 11.0 Å². The Hall–Kier alpha value is -0.940. The molecule has 0 aromatic heterocycles. The Bertz CT molecular complexity index is 426. The minimum atomic E-state index is -0.550. The summed E-state index contributed by atoms with van der Waals surface area (Å²) < 4.78 is 13.9. The van der Waals surface area contributed by atoms with Crippen molar-refractivity contribution in [2.24, 2.45) is 5.41 Å². The van der Waals surface area contributed by atoms with E-state index in [-0.39, 0.29) is 17.6 Å². The van der Waals surface area contributed by atoms with Crippen LogP contribution >= 0.6 is 15.9 Å². The molecular weight excluding hydrogens is 289 g/mol. The first-order chi connectivity index (χ1) is 8.08. The lowest BCUT2D eigenvalue weighted by atomic mass is 10.1. The SMILES string of the molecule is O=C(NCC1(CO)CC1)c1c(F)cccc1Br. The number of amides is 1. The highest BCUT2D eigenvalue weighted by molar-refractivity contribution is 9.10. The Balaban J connectivity index is 2.05. The van der Waals surface area contributed by atoms with Gasteiger partial charge in [-0.3, -0.25) is 4.79 Å². The van der Waals surface area contributed by atoms with Crippen LogP contribution in [0, 0.1) is 11.2 Å². The van der Waals surface area contributed by atoms with E-state index in [9.17, 15) is 9.18 Å². The number of nitrogens with one attached hydrogen (secondary N) is 1. The number of benzene rings is 1. The van der Waals surface area contributed by atoms with Gasteiger partial charge in [0.05, 0.1) is 12.2 Å². The van der Waals surface area contributed by atoms with E-state index in [2.05, 4.69) is 21.2 Å². The molecule has 1 aliphatic rings. The lowest BCUT2D eigenvalue weighted by Gasteiger charge is -2.13. The molecule has 1 fully saturated rings. The van der Waals surface area contributed by atoms with Crippen LogP contribution in [-0.4, -0.2) is 24.2 Å². The number of aliphatic hydroxyl groups excluding tert-OH is 1. The van der Waals surface area contributed by atoms with Gasteiger partial charge in [-0.05, 0) is 40.9 Å². The van der Waals surface area contributed by atoms with Gasteiger partial charge in [0.1, 0.15) is 5.82 Å². The van der Waals surface area contributed by atoms with Gasteiger partial charge >= 0.3 is 0 Å². The molecule has 2 N–H and O–H groups in total. The Kier molecular flexibility index (Phi) is 3.49. The van der Waals surface area contributed by atoms with Crippen molar-refractivity contribution < 1.29 is 14.3 Å². The number of carbonyl (C=O) groups is 1. The maximum Gasteiger partial charge on any atom is 0.255 e. The van der Waals surface area contributed by atoms with Crippen molar-refractivity contribution in [1.82, 2.24) is 5.32 Å². The minimum Gasteiger partial charge on any atom is -0.396 e. The summed E-state index contributed by atoms with van der Waals surface area (Å²) in [6, 6.07) is 4.40. The second-order valence-corrected chi connectivity index (χ2v) is 5.29. The van der Waals surface area contributed by atoms with Crippen LogP contribution in [-0.2, 0) is 0 Å². The third kappa shape index (κ3) is 2.66. The van der Waals surface area contributed by atoms with Crippen molar-refractivity contribution in [3.8, 4) is 0 Å². The summed E-state index contributed by atoms with van der Waals surface area (Å²) in [4.78, 5) is 11.8. The highest BCUT2D eigenvalue weighted by atomic mass is 79.9. The molecule has 0 radical (unpaired) electrons. The van der Waals surface area contributed by atoms with Gasteiger partial charge in [0.15, 0.2) is 0 Å². The molecular formula is C12H13BrFNO2. The fourth-order valence-corrected chi connectivity index (χ4v) is 2.16. The van der Waals surface area contributed by atoms with Crippen LogP contribution in [0.25, 0.3) is 0 Å². The molecule has 0 spiro atoms. The summed E-state index contributed by atoms with van der Waals surface area (Å²) >= 11 is 3.15. The predicted octanol–water partition coefficient (Wildman–Crippen LogP) is 2.09. The summed E-state index contributed by atoms with van der Waals surface area (Å²) in [6.45, 7) is 0.453. The average Bonchev–Trinajstić information content (AvgIpc) is 3.07. The van der Waals surface area contributed by atoms with E-state index in [1.54, 1.807) is 6.07 Å². The predicted molar refractivity (Wildman–Crippen MR) is 65.2 cm³/mol. The van der Waals surface area contributed by atoms with Crippen molar-refractivity contribution in [2.45, 2.75) is 12.8 Å². The van der Waals surface area contributed by atoms with Crippen LogP contribution in [0.5, 0.6) is 0 Å². The third-order valence-corrected chi connectivity index (χ3v) is 3.77. The van der Waals surface area contributed by atoms with E-state index in [4.69, 9.17) is 5.11 Å². The molecule has 5 heteroatoms. The number of halogens is 2. The number of carbonyl (C=O) groups excluding carboxylic acids is 1. The molecule has 1 aliphatic carbocycles. The summed E-state index contributed by atoms with van der Waals surface area (Å²) in [5, 5.41) is 11.8. The topological polar surface area (TPSA) is 49.3 Å². The molecule has 1 saturated carbocycles. The Labute approximate surface area is 107 Å². The van der Waals surface area contributed by atoms with Crippen LogP contribution in [0.1, 0.15) is 23.2 Å². The van der Waals surface area contributed by atoms with Crippen molar-refractivity contribution in [3.05, 3.63) is 34.1 Å². The second kappa shape index (κ2) is 4.74. The summed E-state index contributed by atoms with van der Waals surface area (Å²) in [7, 11) is 0. The lowest BCUT2D eigenvalue weighted by molar-refractivity contribution is 0.0930. The van der Waals surface area contributed by atoms with Gasteiger partial charge in [0.2, 0.25) is 0 Å². The standard InChI is InChI=1S/C12H13BrFNO2/c13-8-2-1-3-9(14)10(8)11(17)15-6-12(7-16)4-5-12/h1-3,16H,4-7H2,(H,15,17). The lowest BCUT2D eigenvalue weighted by Crippen LogP contribution is -2.32. The van der Waals surface area contributed by atoms with Gasteiger partial charge in [0, 0.05) is 16.4 Å². The fourth-order valence-electron chi connectivity index (χ4n) is 1.64. The van der Waals surface area contributed by atoms with E-state index < -0.39 is 11.7 Å². The average molecular weight is 302 g/mol. The van der Waals surface area contributed by atoms with Crippen LogP contribution in [0.3, 0.4) is 0 Å². The highest BCUT2D eigenvalue weighted by Crippen LogP contribution is 2.44. The van der Waals surface area contributed by atoms with Crippen molar-refractivity contribution in [2.75, 3.05) is 13.2 Å². The molecule has 2 rings (SSSR count). The molecule has 0 aliphatic heterocycles. The molecule has 1 aromatic rings. The first kappa shape index (κ1) is 12.5. The maximum absolute atomic E-state index is 13.5. The fraction of sp³-hybridized carbons (Fsp3) is 0.417. The quantitative estimate of drug-likeness (QED) is 0.895. The number of hydrogen-bond donors (Lipinski definition) is 2. The second-order valence-electron chi connectivity index (χ2n) is 4.44. The first-order valence-corrected chi connectivity index (χ1v) is 6.20. The summed E-state index contributed by atoms with van der Waals surface area (Å²) in [6.07, 6.45) is 1.81. The molecule has 0 atom stereocenters. The smallest absolute Gasteiger partial charge is 0.255 e. The summed E-state index contributed by atoms with van der Waals surface area (Å²) in [5.74, 6) is -1.000. The van der Waals surface area contributed by atoms with E-state index >= 15 is 0 Å². The Morgan fingerprint density at radius 2 is 2.24 bits per heavy atom. The normalized spacial score (nSPS) is 16.6. The van der Waals surface area contributed by atoms with Crippen molar-refractivity contribution in [1.29, 1.82) is 0 Å². The number of hydrogen-bond acceptors (Lipinski definition) is 2. The van der Waals surface area contributed by atoms with Gasteiger partial charge in [-0.2, -0.15) is 0 Å². The van der Waals surface area contributed by atoms with Crippen LogP contribution in [0.2, 0.25) is 0 Å². The third-order valence-electron chi connectivity index (χ3n) is 3.11. The maximum atomic E-state index is 13.5. The molecule has 92 valence electrons. The zero-order valence-corrected chi connectivity index (χ0v) is 10.8. The van der Waals surface area contributed by atoms with Gasteiger partial charge in [-0.1, -0.05) is 6.07 Å². The molecule has 3 nitrogen and oxygen atoms in total. The molecule has 0 unspecified atom stereocenters. The Morgan fingerprint density at radius 1 is 1.53 bits per heavy atom. The summed E-state index contributed by atoms with van der Waals surface area (Å²) in [5.41, 5.74) is -0.158. The minimum absolute atomic E-state index is 0.0150. The van der Waals surface area contributed by atoms with E-state index in [0.717, 1.165) is 12.8 Å². The van der Waals surface area contributed by atoms with Gasteiger partial charge in [0.25, 0.3) is 5.91 Å².